The normalized spacial score (nSPS) is 23.7. The van der Waals surface area contributed by atoms with Crippen molar-refractivity contribution in [3.8, 4) is 0 Å². The number of rotatable bonds is 11. The number of hydrogen-bond donors (Lipinski definition) is 3. The van der Waals surface area contributed by atoms with Crippen LogP contribution in [0, 0.1) is 28.6 Å². The van der Waals surface area contributed by atoms with Gasteiger partial charge in [0.2, 0.25) is 23.5 Å². The summed E-state index contributed by atoms with van der Waals surface area (Å²) in [4.78, 5) is 68.5. The molecule has 2 fully saturated rings. The number of carbonyl (C=O) groups is 5. The molecule has 1 aliphatic heterocycles. The molecule has 1 heterocycles. The van der Waals surface area contributed by atoms with Crippen LogP contribution in [-0.2, 0) is 36.8 Å². The third-order valence-electron chi connectivity index (χ3n) is 9.39. The Bertz CT molecular complexity index is 1240. The maximum absolute atomic E-state index is 14.4. The van der Waals surface area contributed by atoms with E-state index in [-0.39, 0.29) is 41.5 Å². The molecule has 1 aromatic carbocycles. The highest BCUT2D eigenvalue weighted by atomic mass is 16.2. The third-order valence-corrected chi connectivity index (χ3v) is 9.39. The number of carbonyl (C=O) groups excluding carboxylic acids is 5. The molecule has 0 bridgehead atoms. The summed E-state index contributed by atoms with van der Waals surface area (Å²) in [6.07, 6.45) is 3.68. The molecule has 4 amide bonds. The molecule has 3 aliphatic rings. The minimum Gasteiger partial charge on any atom is -0.346 e. The highest BCUT2D eigenvalue weighted by Gasteiger charge is 2.69. The fraction of sp³-hybridized carbons (Fsp3) is 0.606. The zero-order valence-corrected chi connectivity index (χ0v) is 25.8. The number of benzene rings is 1. The Morgan fingerprint density at radius 3 is 2.24 bits per heavy atom. The van der Waals surface area contributed by atoms with Crippen LogP contribution in [0.1, 0.15) is 65.5 Å². The number of amides is 4. The van der Waals surface area contributed by atoms with Crippen molar-refractivity contribution in [2.75, 3.05) is 13.1 Å². The van der Waals surface area contributed by atoms with Crippen LogP contribution in [0.3, 0.4) is 0 Å². The number of nitrogens with zero attached hydrogens (tertiary/aromatic N) is 1. The van der Waals surface area contributed by atoms with Gasteiger partial charge in [0, 0.05) is 18.5 Å². The van der Waals surface area contributed by atoms with Gasteiger partial charge in [0.1, 0.15) is 12.1 Å². The van der Waals surface area contributed by atoms with E-state index in [2.05, 4.69) is 48.5 Å². The summed E-state index contributed by atoms with van der Waals surface area (Å²) < 4.78 is 0. The van der Waals surface area contributed by atoms with Gasteiger partial charge >= 0.3 is 0 Å². The Kier molecular flexibility index (Phi) is 9.00. The topological polar surface area (TPSA) is 125 Å². The molecule has 5 atom stereocenters. The summed E-state index contributed by atoms with van der Waals surface area (Å²) in [6.45, 7) is 15.6. The van der Waals surface area contributed by atoms with Crippen LogP contribution in [0.5, 0.6) is 0 Å². The Hall–Kier alpha value is -3.49. The summed E-state index contributed by atoms with van der Waals surface area (Å²) in [5.41, 5.74) is 1.50. The van der Waals surface area contributed by atoms with Crippen molar-refractivity contribution in [3.63, 3.8) is 0 Å². The molecule has 1 saturated carbocycles. The highest BCUT2D eigenvalue weighted by Crippen LogP contribution is 2.65. The van der Waals surface area contributed by atoms with E-state index in [4.69, 9.17) is 0 Å². The number of Topliss-reactive ketones (excluding diaryl/α,β-unsaturated/α-hetero) is 1. The first-order valence-corrected chi connectivity index (χ1v) is 15.1. The summed E-state index contributed by atoms with van der Waals surface area (Å²) >= 11 is 0. The van der Waals surface area contributed by atoms with Gasteiger partial charge in [-0.3, -0.25) is 24.0 Å². The van der Waals surface area contributed by atoms with Gasteiger partial charge in [0.15, 0.2) is 0 Å². The van der Waals surface area contributed by atoms with Crippen LogP contribution in [0.25, 0.3) is 0 Å². The fourth-order valence-corrected chi connectivity index (χ4v) is 6.78. The Balaban J connectivity index is 1.59. The number of hydrogen-bond acceptors (Lipinski definition) is 5. The number of ketones is 1. The van der Waals surface area contributed by atoms with E-state index in [1.165, 1.54) is 17.2 Å². The molecule has 1 saturated heterocycles. The van der Waals surface area contributed by atoms with Gasteiger partial charge in [-0.05, 0) is 53.6 Å². The van der Waals surface area contributed by atoms with Crippen molar-refractivity contribution in [2.24, 2.45) is 28.6 Å². The van der Waals surface area contributed by atoms with Gasteiger partial charge < -0.3 is 20.9 Å². The standard InChI is InChI=1S/C33H46N4O5/c1-8-12-23(27(38)29(40)34-15-9-2)35-28(39)26-24-22(33(24,6)7)18-37(26)30(41)25(36-31(42)32(3,4)5)21-16-19-13-10-11-14-20(19)17-21/h9-11,13-14,21-26H,2,8,12,15-18H2,1,3-7H3,(H,34,40)(H,35,39)(H,36,42). The largest absolute Gasteiger partial charge is 0.346 e. The second-order valence-electron chi connectivity index (χ2n) is 13.7. The molecule has 9 nitrogen and oxygen atoms in total. The van der Waals surface area contributed by atoms with Gasteiger partial charge in [-0.2, -0.15) is 0 Å². The van der Waals surface area contributed by atoms with E-state index in [1.807, 2.05) is 39.8 Å². The Morgan fingerprint density at radius 2 is 1.69 bits per heavy atom. The monoisotopic (exact) mass is 578 g/mol. The SMILES string of the molecule is C=CCNC(=O)C(=O)C(CCC)NC(=O)C1C2C(CN1C(=O)C(NC(=O)C(C)(C)C)C1Cc3ccccc3C1)C2(C)C. The molecule has 0 radical (unpaired) electrons. The van der Waals surface area contributed by atoms with Crippen LogP contribution in [0.15, 0.2) is 36.9 Å². The van der Waals surface area contributed by atoms with E-state index in [9.17, 15) is 24.0 Å². The molecular weight excluding hydrogens is 532 g/mol. The van der Waals surface area contributed by atoms with Crippen molar-refractivity contribution in [3.05, 3.63) is 48.0 Å². The van der Waals surface area contributed by atoms with Crippen molar-refractivity contribution >= 4 is 29.4 Å². The molecule has 1 aromatic rings. The quantitative estimate of drug-likeness (QED) is 0.275. The van der Waals surface area contributed by atoms with Gasteiger partial charge in [-0.15, -0.1) is 6.58 Å². The van der Waals surface area contributed by atoms with Gasteiger partial charge in [-0.1, -0.05) is 78.3 Å². The second-order valence-corrected chi connectivity index (χ2v) is 13.7. The number of nitrogens with one attached hydrogen (secondary N) is 3. The van der Waals surface area contributed by atoms with E-state index < -0.39 is 41.1 Å². The average Bonchev–Trinajstić information content (AvgIpc) is 3.31. The minimum atomic E-state index is -0.995. The van der Waals surface area contributed by atoms with E-state index >= 15 is 0 Å². The first-order chi connectivity index (χ1) is 19.7. The van der Waals surface area contributed by atoms with Crippen molar-refractivity contribution < 1.29 is 24.0 Å². The van der Waals surface area contributed by atoms with Crippen LogP contribution in [0.4, 0.5) is 0 Å². The lowest BCUT2D eigenvalue weighted by Crippen LogP contribution is -2.60. The molecule has 3 N–H and O–H groups in total. The number of likely N-dealkylation sites (tertiary alicyclic amines) is 1. The van der Waals surface area contributed by atoms with Gasteiger partial charge in [0.05, 0.1) is 6.04 Å². The number of piperidine rings is 1. The second kappa shape index (κ2) is 12.0. The summed E-state index contributed by atoms with van der Waals surface area (Å²) in [7, 11) is 0. The zero-order valence-electron chi connectivity index (χ0n) is 25.8. The maximum atomic E-state index is 14.4. The van der Waals surface area contributed by atoms with E-state index in [0.717, 1.165) is 0 Å². The predicted molar refractivity (Wildman–Crippen MR) is 160 cm³/mol. The van der Waals surface area contributed by atoms with E-state index in [0.29, 0.717) is 32.2 Å². The molecule has 4 rings (SSSR count). The Labute approximate surface area is 249 Å². The first kappa shape index (κ1) is 31.4. The highest BCUT2D eigenvalue weighted by molar-refractivity contribution is 6.38. The van der Waals surface area contributed by atoms with Crippen LogP contribution < -0.4 is 16.0 Å². The van der Waals surface area contributed by atoms with Crippen molar-refractivity contribution in [2.45, 2.75) is 85.4 Å². The lowest BCUT2D eigenvalue weighted by atomic mass is 9.90. The molecule has 2 aliphatic carbocycles. The molecule has 42 heavy (non-hydrogen) atoms. The van der Waals surface area contributed by atoms with Crippen LogP contribution >= 0.6 is 0 Å². The molecule has 9 heteroatoms. The molecular formula is C33H46N4O5. The average molecular weight is 579 g/mol. The predicted octanol–water partition coefficient (Wildman–Crippen LogP) is 2.57. The third kappa shape index (κ3) is 6.15. The van der Waals surface area contributed by atoms with Gasteiger partial charge in [0.25, 0.3) is 5.91 Å². The maximum Gasteiger partial charge on any atom is 0.289 e. The minimum absolute atomic E-state index is 0.0758. The Morgan fingerprint density at radius 1 is 1.07 bits per heavy atom. The van der Waals surface area contributed by atoms with Crippen LogP contribution in [-0.4, -0.2) is 65.5 Å². The smallest absolute Gasteiger partial charge is 0.289 e. The fourth-order valence-electron chi connectivity index (χ4n) is 6.78. The molecule has 228 valence electrons. The summed E-state index contributed by atoms with van der Waals surface area (Å²) in [5.74, 6) is -2.49. The lowest BCUT2D eigenvalue weighted by Gasteiger charge is -2.36. The number of fused-ring (bicyclic) bond motifs is 2. The van der Waals surface area contributed by atoms with Crippen molar-refractivity contribution in [1.29, 1.82) is 0 Å². The van der Waals surface area contributed by atoms with E-state index in [1.54, 1.807) is 4.90 Å². The molecule has 0 aromatic heterocycles. The summed E-state index contributed by atoms with van der Waals surface area (Å²) in [5, 5.41) is 8.38. The summed E-state index contributed by atoms with van der Waals surface area (Å²) in [6, 6.07) is 5.49. The molecule has 5 unspecified atom stereocenters. The lowest BCUT2D eigenvalue weighted by molar-refractivity contribution is -0.146. The van der Waals surface area contributed by atoms with Gasteiger partial charge in [-0.25, -0.2) is 0 Å². The zero-order chi connectivity index (χ0) is 31.0. The first-order valence-electron chi connectivity index (χ1n) is 15.1. The van der Waals surface area contributed by atoms with Crippen molar-refractivity contribution in [1.82, 2.24) is 20.9 Å². The van der Waals surface area contributed by atoms with Crippen LogP contribution in [0.2, 0.25) is 0 Å². The molecule has 0 spiro atoms.